The van der Waals surface area contributed by atoms with E-state index in [9.17, 15) is 4.79 Å². The lowest BCUT2D eigenvalue weighted by molar-refractivity contribution is -0.167. The summed E-state index contributed by atoms with van der Waals surface area (Å²) < 4.78 is 26.2. The number of esters is 1. The van der Waals surface area contributed by atoms with Gasteiger partial charge in [-0.1, -0.05) is 63.2 Å². The zero-order valence-corrected chi connectivity index (χ0v) is 28.8. The zero-order valence-electron chi connectivity index (χ0n) is 25.7. The second kappa shape index (κ2) is 13.6. The number of hydrogen-bond acceptors (Lipinski definition) is 5. The highest BCUT2D eigenvalue weighted by Gasteiger charge is 2.45. The number of carbonyl (C=O) groups excluding carboxylic acids is 1. The largest absolute Gasteiger partial charge is 0.459 e. The van der Waals surface area contributed by atoms with Gasteiger partial charge in [0.2, 0.25) is 0 Å². The molecule has 1 atom stereocenters. The minimum Gasteiger partial charge on any atom is -0.459 e. The molecule has 0 radical (unpaired) electrons. The van der Waals surface area contributed by atoms with Gasteiger partial charge in [-0.3, -0.25) is 4.79 Å². The summed E-state index contributed by atoms with van der Waals surface area (Å²) in [6.45, 7) is 22.4. The molecule has 218 valence electrons. The van der Waals surface area contributed by atoms with Gasteiger partial charge in [-0.05, 0) is 105 Å². The smallest absolute Gasteiger partial charge is 0.319 e. The fraction of sp³-hybridized carbons (Fsp3) is 0.594. The summed E-state index contributed by atoms with van der Waals surface area (Å²) in [4.78, 5) is 14.0. The molecule has 0 aliphatic rings. The summed E-state index contributed by atoms with van der Waals surface area (Å²) in [6.07, 6.45) is 0.417. The van der Waals surface area contributed by atoms with Gasteiger partial charge < -0.3 is 18.6 Å². The van der Waals surface area contributed by atoms with Crippen LogP contribution in [0.1, 0.15) is 72.9 Å². The van der Waals surface area contributed by atoms with Crippen LogP contribution in [0.4, 0.5) is 0 Å². The van der Waals surface area contributed by atoms with Crippen LogP contribution in [0.5, 0.6) is 0 Å². The van der Waals surface area contributed by atoms with Gasteiger partial charge in [0.25, 0.3) is 0 Å². The third kappa shape index (κ3) is 10.6. The van der Waals surface area contributed by atoms with Gasteiger partial charge >= 0.3 is 5.97 Å². The quantitative estimate of drug-likeness (QED) is 0.122. The van der Waals surface area contributed by atoms with Crippen molar-refractivity contribution in [1.29, 1.82) is 0 Å². The molecule has 0 aromatic heterocycles. The Morgan fingerprint density at radius 2 is 1.51 bits per heavy atom. The molecule has 0 N–H and O–H groups in total. The maximum Gasteiger partial charge on any atom is 0.319 e. The van der Waals surface area contributed by atoms with Gasteiger partial charge in [0, 0.05) is 10.2 Å². The van der Waals surface area contributed by atoms with Crippen molar-refractivity contribution in [3.8, 4) is 0 Å². The van der Waals surface area contributed by atoms with E-state index in [-0.39, 0.29) is 17.6 Å². The number of ether oxygens (including phenoxy) is 3. The second-order valence-corrected chi connectivity index (χ2v) is 19.5. The van der Waals surface area contributed by atoms with E-state index in [1.54, 1.807) is 0 Å². The Kier molecular flexibility index (Phi) is 11.8. The number of benzene rings is 2. The van der Waals surface area contributed by atoms with Crippen molar-refractivity contribution in [1.82, 2.24) is 0 Å². The minimum absolute atomic E-state index is 0.121. The van der Waals surface area contributed by atoms with E-state index in [2.05, 4.69) is 56.5 Å². The molecule has 7 heteroatoms. The van der Waals surface area contributed by atoms with Gasteiger partial charge in [0.05, 0.1) is 25.4 Å². The average Bonchev–Trinajstić information content (AvgIpc) is 2.81. The van der Waals surface area contributed by atoms with Crippen molar-refractivity contribution in [3.63, 3.8) is 0 Å². The maximum atomic E-state index is 14.0. The molecule has 0 saturated carbocycles. The summed E-state index contributed by atoms with van der Waals surface area (Å²) in [5, 5.41) is 0.121. The molecule has 2 aromatic carbocycles. The fourth-order valence-electron chi connectivity index (χ4n) is 3.77. The lowest BCUT2D eigenvalue weighted by Gasteiger charge is -2.39. The van der Waals surface area contributed by atoms with Crippen LogP contribution in [0, 0.1) is 3.57 Å². The minimum atomic E-state index is -1.92. The Balaban J connectivity index is 2.31. The molecule has 0 fully saturated rings. The predicted octanol–water partition coefficient (Wildman–Crippen LogP) is 8.29. The van der Waals surface area contributed by atoms with Crippen LogP contribution in [-0.4, -0.2) is 45.3 Å². The van der Waals surface area contributed by atoms with Gasteiger partial charge in [0.15, 0.2) is 8.32 Å². The van der Waals surface area contributed by atoms with Gasteiger partial charge in [-0.15, -0.1) is 0 Å². The molecule has 2 aromatic rings. The third-order valence-corrected chi connectivity index (χ3v) is 12.4. The van der Waals surface area contributed by atoms with Crippen LogP contribution < -0.4 is 0 Å². The molecule has 0 amide bonds. The van der Waals surface area contributed by atoms with Crippen LogP contribution >= 0.6 is 22.6 Å². The van der Waals surface area contributed by atoms with Crippen molar-refractivity contribution in [2.45, 2.75) is 103 Å². The van der Waals surface area contributed by atoms with E-state index < -0.39 is 24.9 Å². The van der Waals surface area contributed by atoms with E-state index in [0.29, 0.717) is 26.2 Å². The van der Waals surface area contributed by atoms with E-state index in [1.807, 2.05) is 89.2 Å². The number of hydrogen-bond donors (Lipinski definition) is 0. The Morgan fingerprint density at radius 3 is 2.08 bits per heavy atom. The summed E-state index contributed by atoms with van der Waals surface area (Å²) >= 11 is 2.28. The molecule has 39 heavy (non-hydrogen) atoms. The molecule has 2 rings (SSSR count). The summed E-state index contributed by atoms with van der Waals surface area (Å²) in [5.41, 5.74) is -0.250. The summed E-state index contributed by atoms with van der Waals surface area (Å²) in [5.74, 6) is -0.302. The molecule has 0 heterocycles. The van der Waals surface area contributed by atoms with Crippen molar-refractivity contribution in [2.75, 3.05) is 19.8 Å². The Bertz CT molecular complexity index is 1060. The number of carbonyl (C=O) groups is 1. The van der Waals surface area contributed by atoms with Crippen molar-refractivity contribution in [3.05, 3.63) is 69.3 Å². The molecule has 0 aliphatic carbocycles. The molecular formula is C32H49IO5Si. The molecule has 0 saturated heterocycles. The Labute approximate surface area is 251 Å². The molecule has 1 unspecified atom stereocenters. The van der Waals surface area contributed by atoms with E-state index in [1.165, 1.54) is 0 Å². The monoisotopic (exact) mass is 668 g/mol. The van der Waals surface area contributed by atoms with E-state index in [0.717, 1.165) is 14.7 Å². The molecule has 0 aliphatic heterocycles. The van der Waals surface area contributed by atoms with Crippen molar-refractivity contribution >= 4 is 36.9 Å². The summed E-state index contributed by atoms with van der Waals surface area (Å²) in [7, 11) is -1.92. The normalized spacial score (nSPS) is 14.6. The molecular weight excluding hydrogens is 619 g/mol. The van der Waals surface area contributed by atoms with Crippen LogP contribution in [0.3, 0.4) is 0 Å². The SMILES string of the molecule is CC(C)(C)OC(=O)C(CCOC(C)(C)CO[Si](C)(C)C(C)(C)C)(COCc1ccccc1)c1cccc(I)c1. The number of rotatable bonds is 13. The summed E-state index contributed by atoms with van der Waals surface area (Å²) in [6, 6.07) is 18.0. The van der Waals surface area contributed by atoms with Gasteiger partial charge in [-0.25, -0.2) is 0 Å². The third-order valence-electron chi connectivity index (χ3n) is 7.24. The van der Waals surface area contributed by atoms with E-state index >= 15 is 0 Å². The first-order valence-corrected chi connectivity index (χ1v) is 17.7. The average molecular weight is 669 g/mol. The number of halogens is 1. The van der Waals surface area contributed by atoms with Crippen LogP contribution in [0.15, 0.2) is 54.6 Å². The van der Waals surface area contributed by atoms with Crippen molar-refractivity contribution < 1.29 is 23.4 Å². The predicted molar refractivity (Wildman–Crippen MR) is 171 cm³/mol. The first kappa shape index (κ1) is 33.9. The van der Waals surface area contributed by atoms with Gasteiger partial charge in [-0.2, -0.15) is 0 Å². The lowest BCUT2D eigenvalue weighted by Crippen LogP contribution is -2.47. The zero-order chi connectivity index (χ0) is 29.5. The highest BCUT2D eigenvalue weighted by molar-refractivity contribution is 14.1. The molecule has 0 spiro atoms. The molecule has 5 nitrogen and oxygen atoms in total. The topological polar surface area (TPSA) is 54.0 Å². The van der Waals surface area contributed by atoms with Crippen LogP contribution in [0.2, 0.25) is 18.1 Å². The standard InChI is InChI=1S/C32H49IO5Si/c1-29(2,3)38-28(34)32(26-17-14-18-27(33)21-26,24-35-22-25-15-12-11-13-16-25)19-20-36-31(7,8)23-37-39(9,10)30(4,5)6/h11-18,21H,19-20,22-24H2,1-10H3. The van der Waals surface area contributed by atoms with E-state index in [4.69, 9.17) is 18.6 Å². The first-order valence-electron chi connectivity index (χ1n) is 13.8. The van der Waals surface area contributed by atoms with Gasteiger partial charge in [0.1, 0.15) is 11.0 Å². The highest BCUT2D eigenvalue weighted by atomic mass is 127. The van der Waals surface area contributed by atoms with Crippen LogP contribution in [0.25, 0.3) is 0 Å². The fourth-order valence-corrected chi connectivity index (χ4v) is 5.46. The lowest BCUT2D eigenvalue weighted by atomic mass is 9.78. The van der Waals surface area contributed by atoms with Crippen molar-refractivity contribution in [2.24, 2.45) is 0 Å². The Morgan fingerprint density at radius 1 is 0.872 bits per heavy atom. The first-order chi connectivity index (χ1) is 17.9. The maximum absolute atomic E-state index is 14.0. The molecule has 0 bridgehead atoms. The second-order valence-electron chi connectivity index (χ2n) is 13.5. The van der Waals surface area contributed by atoms with Crippen LogP contribution in [-0.2, 0) is 35.5 Å². The highest BCUT2D eigenvalue weighted by Crippen LogP contribution is 2.38. The Hall–Kier alpha value is -1.26.